The molecule has 0 saturated carbocycles. The first kappa shape index (κ1) is 26.5. The molecule has 3 aromatic rings. The zero-order valence-corrected chi connectivity index (χ0v) is 23.4. The van der Waals surface area contributed by atoms with Crippen LogP contribution in [0, 0.1) is 5.41 Å². The molecule has 1 fully saturated rings. The fourth-order valence-electron chi connectivity index (χ4n) is 4.91. The molecular weight excluding hydrogens is 498 g/mol. The Morgan fingerprint density at radius 2 is 1.97 bits per heavy atom. The number of fused-ring (bicyclic) bond motifs is 1. The number of ether oxygens (including phenoxy) is 1. The second-order valence-corrected chi connectivity index (χ2v) is 17.7. The predicted octanol–water partition coefficient (Wildman–Crippen LogP) is 5.05. The molecule has 4 heterocycles. The van der Waals surface area contributed by atoms with E-state index in [1.54, 1.807) is 6.20 Å². The van der Waals surface area contributed by atoms with Gasteiger partial charge in [-0.15, -0.1) is 0 Å². The van der Waals surface area contributed by atoms with Crippen LogP contribution in [0.15, 0.2) is 30.7 Å². The number of pyridine rings is 1. The van der Waals surface area contributed by atoms with Gasteiger partial charge in [0.2, 0.25) is 0 Å². The molecule has 0 aliphatic carbocycles. The number of hydrogen-bond acceptors (Lipinski definition) is 6. The van der Waals surface area contributed by atoms with Gasteiger partial charge in [-0.3, -0.25) is 14.5 Å². The second-order valence-electron chi connectivity index (χ2n) is 11.7. The highest BCUT2D eigenvalue weighted by Crippen LogP contribution is 2.47. The maximum Gasteiger partial charge on any atom is 0.407 e. The van der Waals surface area contributed by atoms with Gasteiger partial charge in [-0.05, 0) is 23.6 Å². The smallest absolute Gasteiger partial charge is 0.407 e. The van der Waals surface area contributed by atoms with E-state index in [0.29, 0.717) is 40.8 Å². The SMILES string of the molecule is CC(C)(C)C1N(C(=O)O)CC1(O)c1ccc(-c2cc3c(Cl)ncnc3n2COCC[Si](C)(C)C)nc1. The Morgan fingerprint density at radius 1 is 1.25 bits per heavy atom. The average molecular weight is 532 g/mol. The maximum absolute atomic E-state index is 11.7. The molecule has 2 unspecified atom stereocenters. The summed E-state index contributed by atoms with van der Waals surface area (Å²) in [6.07, 6.45) is 2.01. The Labute approximate surface area is 217 Å². The molecule has 2 atom stereocenters. The molecule has 36 heavy (non-hydrogen) atoms. The highest BCUT2D eigenvalue weighted by Gasteiger charge is 2.59. The van der Waals surface area contributed by atoms with Crippen LogP contribution < -0.4 is 0 Å². The molecule has 2 N–H and O–H groups in total. The van der Waals surface area contributed by atoms with E-state index in [2.05, 4.69) is 34.6 Å². The first-order chi connectivity index (χ1) is 16.7. The molecule has 3 aromatic heterocycles. The quantitative estimate of drug-likeness (QED) is 0.249. The first-order valence-electron chi connectivity index (χ1n) is 12.0. The fourth-order valence-corrected chi connectivity index (χ4v) is 5.85. The van der Waals surface area contributed by atoms with Gasteiger partial charge < -0.3 is 14.9 Å². The number of likely N-dealkylation sites (tertiary alicyclic amines) is 1. The van der Waals surface area contributed by atoms with Crippen molar-refractivity contribution in [3.63, 3.8) is 0 Å². The van der Waals surface area contributed by atoms with Crippen molar-refractivity contribution in [2.75, 3.05) is 13.2 Å². The number of aliphatic hydroxyl groups is 1. The standard InChI is InChI=1S/C25H34ClN5O4Si/c1-24(2,3)22-25(34,13-30(22)23(32)33)16-7-8-18(27-12-16)19-11-17-20(26)28-14-29-21(17)31(19)15-35-9-10-36(4,5)6/h7-8,11-12,14,22,34H,9-10,13,15H2,1-6H3,(H,32,33). The van der Waals surface area contributed by atoms with Gasteiger partial charge in [0.15, 0.2) is 0 Å². The minimum absolute atomic E-state index is 0.00167. The minimum atomic E-state index is -1.32. The predicted molar refractivity (Wildman–Crippen MR) is 142 cm³/mol. The van der Waals surface area contributed by atoms with E-state index in [1.807, 2.05) is 43.5 Å². The molecule has 194 valence electrons. The van der Waals surface area contributed by atoms with E-state index in [-0.39, 0.29) is 6.54 Å². The summed E-state index contributed by atoms with van der Waals surface area (Å²) < 4.78 is 7.95. The summed E-state index contributed by atoms with van der Waals surface area (Å²) in [6, 6.07) is 5.98. The van der Waals surface area contributed by atoms with Crippen molar-refractivity contribution in [2.24, 2.45) is 5.41 Å². The Balaban J connectivity index is 1.66. The number of hydrogen-bond donors (Lipinski definition) is 2. The van der Waals surface area contributed by atoms with E-state index in [0.717, 1.165) is 11.7 Å². The van der Waals surface area contributed by atoms with Crippen LogP contribution in [0.25, 0.3) is 22.4 Å². The molecule has 0 spiro atoms. The molecule has 1 aliphatic heterocycles. The van der Waals surface area contributed by atoms with Gasteiger partial charge >= 0.3 is 6.09 Å². The van der Waals surface area contributed by atoms with Crippen LogP contribution in [0.5, 0.6) is 0 Å². The van der Waals surface area contributed by atoms with Crippen molar-refractivity contribution in [2.45, 2.75) is 64.8 Å². The number of rotatable bonds is 7. The van der Waals surface area contributed by atoms with Crippen LogP contribution in [0.4, 0.5) is 4.79 Å². The third-order valence-electron chi connectivity index (χ3n) is 6.63. The normalized spacial score (nSPS) is 20.6. The van der Waals surface area contributed by atoms with Gasteiger partial charge in [0, 0.05) is 26.4 Å². The summed E-state index contributed by atoms with van der Waals surface area (Å²) in [5.41, 5.74) is 0.893. The lowest BCUT2D eigenvalue weighted by Gasteiger charge is -2.58. The van der Waals surface area contributed by atoms with Crippen LogP contribution >= 0.6 is 11.6 Å². The van der Waals surface area contributed by atoms with Crippen molar-refractivity contribution >= 4 is 36.8 Å². The first-order valence-corrected chi connectivity index (χ1v) is 16.1. The van der Waals surface area contributed by atoms with Crippen molar-refractivity contribution < 1.29 is 19.7 Å². The summed E-state index contributed by atoms with van der Waals surface area (Å²) in [5, 5.41) is 22.1. The van der Waals surface area contributed by atoms with Gasteiger partial charge in [-0.1, -0.05) is 58.1 Å². The molecule has 0 bridgehead atoms. The van der Waals surface area contributed by atoms with Gasteiger partial charge in [-0.25, -0.2) is 14.8 Å². The number of carboxylic acid groups (broad SMARTS) is 1. The Morgan fingerprint density at radius 3 is 2.56 bits per heavy atom. The summed E-state index contributed by atoms with van der Waals surface area (Å²) in [7, 11) is -1.23. The maximum atomic E-state index is 11.7. The topological polar surface area (TPSA) is 114 Å². The molecule has 0 aromatic carbocycles. The number of nitrogens with zero attached hydrogens (tertiary/aromatic N) is 5. The molecule has 1 aliphatic rings. The van der Waals surface area contributed by atoms with E-state index < -0.39 is 31.2 Å². The van der Waals surface area contributed by atoms with Crippen molar-refractivity contribution in [3.8, 4) is 11.4 Å². The van der Waals surface area contributed by atoms with Gasteiger partial charge in [0.1, 0.15) is 29.5 Å². The molecule has 0 radical (unpaired) electrons. The van der Waals surface area contributed by atoms with E-state index >= 15 is 0 Å². The minimum Gasteiger partial charge on any atom is -0.465 e. The highest BCUT2D eigenvalue weighted by molar-refractivity contribution is 6.76. The molecule has 11 heteroatoms. The highest BCUT2D eigenvalue weighted by atomic mass is 35.5. The van der Waals surface area contributed by atoms with E-state index in [1.165, 1.54) is 11.2 Å². The van der Waals surface area contributed by atoms with Crippen LogP contribution in [0.3, 0.4) is 0 Å². The lowest BCUT2D eigenvalue weighted by atomic mass is 9.66. The number of aromatic nitrogens is 4. The lowest BCUT2D eigenvalue weighted by molar-refractivity contribution is -0.178. The van der Waals surface area contributed by atoms with Crippen LogP contribution in [-0.4, -0.2) is 68.0 Å². The second kappa shape index (κ2) is 9.40. The van der Waals surface area contributed by atoms with Crippen LogP contribution in [0.2, 0.25) is 30.8 Å². The van der Waals surface area contributed by atoms with Crippen molar-refractivity contribution in [3.05, 3.63) is 41.4 Å². The third kappa shape index (κ3) is 5.00. The number of β-amino-alcohol motifs (C(OH)–C–C–N with tert-alkyl or cyclic N) is 1. The van der Waals surface area contributed by atoms with Crippen LogP contribution in [0.1, 0.15) is 26.3 Å². The molecule has 4 rings (SSSR count). The summed E-state index contributed by atoms with van der Waals surface area (Å²) in [5.74, 6) is 0. The Hall–Kier alpha value is -2.53. The molecule has 9 nitrogen and oxygen atoms in total. The largest absolute Gasteiger partial charge is 0.465 e. The Bertz CT molecular complexity index is 1270. The molecule has 1 amide bonds. The van der Waals surface area contributed by atoms with Gasteiger partial charge in [0.05, 0.1) is 29.4 Å². The van der Waals surface area contributed by atoms with Crippen LogP contribution in [-0.2, 0) is 17.1 Å². The third-order valence-corrected chi connectivity index (χ3v) is 8.63. The number of amides is 1. The summed E-state index contributed by atoms with van der Waals surface area (Å²) in [6.45, 7) is 13.6. The summed E-state index contributed by atoms with van der Waals surface area (Å²) in [4.78, 5) is 26.1. The van der Waals surface area contributed by atoms with Gasteiger partial charge in [0.25, 0.3) is 0 Å². The number of carbonyl (C=O) groups is 1. The molecular formula is C25H34ClN5O4Si. The monoisotopic (exact) mass is 531 g/mol. The zero-order chi connectivity index (χ0) is 26.5. The zero-order valence-electron chi connectivity index (χ0n) is 21.6. The average Bonchev–Trinajstić information content (AvgIpc) is 3.13. The number of halogens is 1. The van der Waals surface area contributed by atoms with Crippen molar-refractivity contribution in [1.29, 1.82) is 0 Å². The fraction of sp³-hybridized carbons (Fsp3) is 0.520. The Kier molecular flexibility index (Phi) is 6.93. The van der Waals surface area contributed by atoms with Gasteiger partial charge in [-0.2, -0.15) is 0 Å². The summed E-state index contributed by atoms with van der Waals surface area (Å²) >= 11 is 6.35. The lowest BCUT2D eigenvalue weighted by Crippen LogP contribution is -2.72. The van der Waals surface area contributed by atoms with Crippen molar-refractivity contribution in [1.82, 2.24) is 24.4 Å². The van der Waals surface area contributed by atoms with E-state index in [9.17, 15) is 15.0 Å². The van der Waals surface area contributed by atoms with E-state index in [4.69, 9.17) is 16.3 Å². The molecule has 1 saturated heterocycles.